The van der Waals surface area contributed by atoms with E-state index in [-0.39, 0.29) is 11.9 Å². The summed E-state index contributed by atoms with van der Waals surface area (Å²) in [6.45, 7) is 4.25. The highest BCUT2D eigenvalue weighted by Gasteiger charge is 2.25. The van der Waals surface area contributed by atoms with Crippen molar-refractivity contribution >= 4 is 11.7 Å². The molecule has 1 aromatic heterocycles. The number of ether oxygens (including phenoxy) is 1. The van der Waals surface area contributed by atoms with E-state index in [0.717, 1.165) is 12.8 Å². The number of hydrogen-bond donors (Lipinski definition) is 2. The van der Waals surface area contributed by atoms with Gasteiger partial charge in [-0.05, 0) is 26.7 Å². The van der Waals surface area contributed by atoms with Gasteiger partial charge >= 0.3 is 0 Å². The maximum atomic E-state index is 11.8. The molecule has 0 bridgehead atoms. The maximum Gasteiger partial charge on any atom is 0.242 e. The molecule has 1 amide bonds. The van der Waals surface area contributed by atoms with Gasteiger partial charge in [-0.3, -0.25) is 4.79 Å². The van der Waals surface area contributed by atoms with Crippen molar-refractivity contribution in [2.75, 3.05) is 11.9 Å². The lowest BCUT2D eigenvalue weighted by atomic mass is 10.3. The first-order valence-electron chi connectivity index (χ1n) is 6.20. The summed E-state index contributed by atoms with van der Waals surface area (Å²) >= 11 is 0. The molecule has 1 aromatic rings. The van der Waals surface area contributed by atoms with Gasteiger partial charge < -0.3 is 15.4 Å². The summed E-state index contributed by atoms with van der Waals surface area (Å²) in [5, 5.41) is 5.97. The second-order valence-electron chi connectivity index (χ2n) is 4.32. The molecule has 0 radical (unpaired) electrons. The van der Waals surface area contributed by atoms with Crippen molar-refractivity contribution in [1.29, 1.82) is 0 Å². The van der Waals surface area contributed by atoms with Crippen LogP contribution in [0.15, 0.2) is 12.4 Å². The predicted octanol–water partition coefficient (Wildman–Crippen LogP) is 0.954. The Hall–Kier alpha value is -1.85. The number of nitrogens with one attached hydrogen (secondary N) is 2. The van der Waals surface area contributed by atoms with Crippen LogP contribution >= 0.6 is 0 Å². The van der Waals surface area contributed by atoms with E-state index in [0.29, 0.717) is 24.3 Å². The summed E-state index contributed by atoms with van der Waals surface area (Å²) in [5.74, 6) is 1.09. The molecular formula is C12H18N4O2. The molecule has 0 aromatic carbocycles. The minimum Gasteiger partial charge on any atom is -0.478 e. The van der Waals surface area contributed by atoms with Crippen LogP contribution in [0.3, 0.4) is 0 Å². The van der Waals surface area contributed by atoms with Crippen LogP contribution in [0.5, 0.6) is 5.88 Å². The fourth-order valence-corrected chi connectivity index (χ4v) is 1.49. The molecule has 2 N–H and O–H groups in total. The molecular weight excluding hydrogens is 232 g/mol. The Kier molecular flexibility index (Phi) is 3.96. The number of carbonyl (C=O) groups is 1. The molecule has 1 aliphatic carbocycles. The molecule has 2 rings (SSSR count). The molecule has 1 fully saturated rings. The van der Waals surface area contributed by atoms with E-state index in [2.05, 4.69) is 20.6 Å². The average Bonchev–Trinajstić information content (AvgIpc) is 3.14. The van der Waals surface area contributed by atoms with Crippen molar-refractivity contribution in [3.63, 3.8) is 0 Å². The van der Waals surface area contributed by atoms with Crippen LogP contribution in [0, 0.1) is 0 Å². The summed E-state index contributed by atoms with van der Waals surface area (Å²) in [4.78, 5) is 19.8. The zero-order chi connectivity index (χ0) is 13.0. The largest absolute Gasteiger partial charge is 0.478 e. The first kappa shape index (κ1) is 12.6. The highest BCUT2D eigenvalue weighted by atomic mass is 16.5. The number of hydrogen-bond acceptors (Lipinski definition) is 5. The molecule has 1 heterocycles. The van der Waals surface area contributed by atoms with E-state index in [4.69, 9.17) is 4.74 Å². The highest BCUT2D eigenvalue weighted by Crippen LogP contribution is 2.19. The van der Waals surface area contributed by atoms with E-state index < -0.39 is 0 Å². The molecule has 18 heavy (non-hydrogen) atoms. The molecule has 0 saturated heterocycles. The minimum atomic E-state index is -0.324. The van der Waals surface area contributed by atoms with Gasteiger partial charge in [-0.15, -0.1) is 0 Å². The first-order valence-corrected chi connectivity index (χ1v) is 6.20. The van der Waals surface area contributed by atoms with Gasteiger partial charge in [0.05, 0.1) is 6.61 Å². The molecule has 6 nitrogen and oxygen atoms in total. The van der Waals surface area contributed by atoms with Gasteiger partial charge in [-0.1, -0.05) is 0 Å². The van der Waals surface area contributed by atoms with Crippen molar-refractivity contribution in [2.45, 2.75) is 38.8 Å². The van der Waals surface area contributed by atoms with Gasteiger partial charge in [0.15, 0.2) is 0 Å². The van der Waals surface area contributed by atoms with Crippen molar-refractivity contribution in [2.24, 2.45) is 0 Å². The van der Waals surface area contributed by atoms with Crippen LogP contribution in [0.25, 0.3) is 0 Å². The van der Waals surface area contributed by atoms with E-state index >= 15 is 0 Å². The lowest BCUT2D eigenvalue weighted by molar-refractivity contribution is -0.121. The van der Waals surface area contributed by atoms with Crippen molar-refractivity contribution in [3.8, 4) is 5.88 Å². The zero-order valence-corrected chi connectivity index (χ0v) is 10.6. The third kappa shape index (κ3) is 3.58. The Morgan fingerprint density at radius 2 is 2.33 bits per heavy atom. The van der Waals surface area contributed by atoms with Gasteiger partial charge in [-0.25, -0.2) is 9.97 Å². The van der Waals surface area contributed by atoms with E-state index in [1.54, 1.807) is 13.0 Å². The second-order valence-corrected chi connectivity index (χ2v) is 4.32. The van der Waals surface area contributed by atoms with E-state index in [1.807, 2.05) is 6.92 Å². The lowest BCUT2D eigenvalue weighted by Gasteiger charge is -2.14. The fraction of sp³-hybridized carbons (Fsp3) is 0.583. The van der Waals surface area contributed by atoms with Crippen LogP contribution < -0.4 is 15.4 Å². The van der Waals surface area contributed by atoms with E-state index in [1.165, 1.54) is 6.33 Å². The Bertz CT molecular complexity index is 420. The van der Waals surface area contributed by atoms with Gasteiger partial charge in [0, 0.05) is 12.1 Å². The van der Waals surface area contributed by atoms with Crippen LogP contribution in [0.4, 0.5) is 5.82 Å². The molecule has 98 valence electrons. The number of aromatic nitrogens is 2. The number of amides is 1. The van der Waals surface area contributed by atoms with E-state index in [9.17, 15) is 4.79 Å². The Morgan fingerprint density at radius 1 is 1.56 bits per heavy atom. The standard InChI is InChI=1S/C12H18N4O2/c1-3-18-11-6-10(13-7-14-11)15-8(2)12(17)16-9-4-5-9/h6-9H,3-5H2,1-2H3,(H,16,17)(H,13,14,15). The van der Waals surface area contributed by atoms with Crippen molar-refractivity contribution in [3.05, 3.63) is 12.4 Å². The van der Waals surface area contributed by atoms with Gasteiger partial charge in [0.1, 0.15) is 18.2 Å². The van der Waals surface area contributed by atoms with Gasteiger partial charge in [0.2, 0.25) is 11.8 Å². The normalized spacial score (nSPS) is 15.9. The summed E-state index contributed by atoms with van der Waals surface area (Å²) in [5.41, 5.74) is 0. The summed E-state index contributed by atoms with van der Waals surface area (Å²) < 4.78 is 5.27. The highest BCUT2D eigenvalue weighted by molar-refractivity contribution is 5.84. The topological polar surface area (TPSA) is 76.1 Å². The molecule has 6 heteroatoms. The molecule has 0 spiro atoms. The minimum absolute atomic E-state index is 0.00549. The molecule has 1 unspecified atom stereocenters. The molecule has 1 saturated carbocycles. The van der Waals surface area contributed by atoms with Crippen molar-refractivity contribution in [1.82, 2.24) is 15.3 Å². The Balaban J connectivity index is 1.90. The summed E-state index contributed by atoms with van der Waals surface area (Å²) in [6, 6.07) is 1.73. The number of carbonyl (C=O) groups excluding carboxylic acids is 1. The quantitative estimate of drug-likeness (QED) is 0.786. The van der Waals surface area contributed by atoms with Crippen LogP contribution in [0.2, 0.25) is 0 Å². The third-order valence-electron chi connectivity index (χ3n) is 2.62. The Labute approximate surface area is 106 Å². The average molecular weight is 250 g/mol. The summed E-state index contributed by atoms with van der Waals surface area (Å²) in [6.07, 6.45) is 3.58. The smallest absolute Gasteiger partial charge is 0.242 e. The van der Waals surface area contributed by atoms with Crippen LogP contribution in [-0.2, 0) is 4.79 Å². The summed E-state index contributed by atoms with van der Waals surface area (Å²) in [7, 11) is 0. The molecule has 1 atom stereocenters. The van der Waals surface area contributed by atoms with Gasteiger partial charge in [0.25, 0.3) is 0 Å². The first-order chi connectivity index (χ1) is 8.69. The van der Waals surface area contributed by atoms with Crippen LogP contribution in [-0.4, -0.2) is 34.6 Å². The third-order valence-corrected chi connectivity index (χ3v) is 2.62. The monoisotopic (exact) mass is 250 g/mol. The second kappa shape index (κ2) is 5.66. The zero-order valence-electron chi connectivity index (χ0n) is 10.6. The number of anilines is 1. The van der Waals surface area contributed by atoms with Crippen molar-refractivity contribution < 1.29 is 9.53 Å². The van der Waals surface area contributed by atoms with Gasteiger partial charge in [-0.2, -0.15) is 0 Å². The number of rotatable bonds is 6. The SMILES string of the molecule is CCOc1cc(NC(C)C(=O)NC2CC2)ncn1. The molecule has 0 aliphatic heterocycles. The number of nitrogens with zero attached hydrogens (tertiary/aromatic N) is 2. The van der Waals surface area contributed by atoms with Crippen LogP contribution in [0.1, 0.15) is 26.7 Å². The Morgan fingerprint density at radius 3 is 3.00 bits per heavy atom. The predicted molar refractivity (Wildman–Crippen MR) is 67.5 cm³/mol. The lowest BCUT2D eigenvalue weighted by Crippen LogP contribution is -2.38. The molecule has 1 aliphatic rings. The maximum absolute atomic E-state index is 11.8. The fourth-order valence-electron chi connectivity index (χ4n) is 1.49.